The Morgan fingerprint density at radius 1 is 1.56 bits per heavy atom. The third-order valence-electron chi connectivity index (χ3n) is 1.57. The summed E-state index contributed by atoms with van der Waals surface area (Å²) in [7, 11) is 0. The fraction of sp³-hybridized carbons (Fsp3) is 0.429. The van der Waals surface area contributed by atoms with Crippen LogP contribution in [0, 0.1) is 13.8 Å². The number of alkyl halides is 1. The molecule has 1 aromatic rings. The molecule has 0 aliphatic heterocycles. The normalized spacial score (nSPS) is 10.1. The minimum absolute atomic E-state index is 0.612. The molecule has 0 saturated carbocycles. The van der Waals surface area contributed by atoms with Crippen LogP contribution in [0.1, 0.15) is 16.8 Å². The van der Waals surface area contributed by atoms with E-state index < -0.39 is 0 Å². The molecule has 1 rings (SSSR count). The number of aromatic amines is 1. The summed E-state index contributed by atoms with van der Waals surface area (Å²) in [5.41, 5.74) is 3.67. The van der Waals surface area contributed by atoms with Gasteiger partial charge in [0.2, 0.25) is 0 Å². The van der Waals surface area contributed by atoms with E-state index in [4.69, 9.17) is 11.6 Å². The molecule has 0 fully saturated rings. The minimum Gasteiger partial charge on any atom is -0.365 e. The highest BCUT2D eigenvalue weighted by Gasteiger charge is 2.00. The molecule has 1 aromatic heterocycles. The van der Waals surface area contributed by atoms with E-state index in [2.05, 4.69) is 11.9 Å². The first-order valence-electron chi connectivity index (χ1n) is 2.95. The Morgan fingerprint density at radius 2 is 2.22 bits per heavy atom. The van der Waals surface area contributed by atoms with Crippen LogP contribution in [0.4, 0.5) is 0 Å². The number of hydrogen-bond acceptors (Lipinski definition) is 0. The Labute approximate surface area is 60.0 Å². The van der Waals surface area contributed by atoms with Gasteiger partial charge in [-0.05, 0) is 25.0 Å². The van der Waals surface area contributed by atoms with E-state index in [1.165, 1.54) is 16.8 Å². The van der Waals surface area contributed by atoms with Gasteiger partial charge in [0.1, 0.15) is 0 Å². The molecule has 0 spiro atoms. The molecule has 1 heterocycles. The number of hydrogen-bond donors (Lipinski definition) is 1. The van der Waals surface area contributed by atoms with Crippen molar-refractivity contribution in [2.45, 2.75) is 19.7 Å². The molecule has 0 amide bonds. The van der Waals surface area contributed by atoms with Crippen LogP contribution in [0.2, 0.25) is 0 Å². The maximum absolute atomic E-state index is 5.66. The van der Waals surface area contributed by atoms with Crippen molar-refractivity contribution in [2.24, 2.45) is 0 Å². The van der Waals surface area contributed by atoms with Crippen molar-refractivity contribution in [3.05, 3.63) is 23.0 Å². The van der Waals surface area contributed by atoms with Crippen molar-refractivity contribution in [3.8, 4) is 0 Å². The van der Waals surface area contributed by atoms with Gasteiger partial charge in [-0.1, -0.05) is 0 Å². The average Bonchev–Trinajstić information content (AvgIpc) is 2.12. The van der Waals surface area contributed by atoms with Crippen LogP contribution in [-0.2, 0) is 5.88 Å². The molecule has 1 N–H and O–H groups in total. The Bertz CT molecular complexity index is 183. The first-order chi connectivity index (χ1) is 4.25. The van der Waals surface area contributed by atoms with Crippen LogP contribution in [0.25, 0.3) is 0 Å². The lowest BCUT2D eigenvalue weighted by molar-refractivity contribution is 1.21. The molecular weight excluding hydrogens is 134 g/mol. The number of halogens is 1. The second-order valence-corrected chi connectivity index (χ2v) is 2.48. The zero-order chi connectivity index (χ0) is 6.85. The lowest BCUT2D eigenvalue weighted by Gasteiger charge is -1.92. The van der Waals surface area contributed by atoms with E-state index in [0.717, 1.165) is 0 Å². The van der Waals surface area contributed by atoms with Crippen molar-refractivity contribution in [2.75, 3.05) is 0 Å². The summed E-state index contributed by atoms with van der Waals surface area (Å²) in [4.78, 5) is 3.10. The third kappa shape index (κ3) is 1.11. The monoisotopic (exact) mass is 143 g/mol. The van der Waals surface area contributed by atoms with Gasteiger partial charge in [-0.15, -0.1) is 11.6 Å². The Balaban J connectivity index is 3.07. The van der Waals surface area contributed by atoms with Crippen LogP contribution >= 0.6 is 11.6 Å². The van der Waals surface area contributed by atoms with Crippen LogP contribution in [0.3, 0.4) is 0 Å². The molecule has 0 radical (unpaired) electrons. The van der Waals surface area contributed by atoms with Crippen molar-refractivity contribution >= 4 is 11.6 Å². The zero-order valence-electron chi connectivity index (χ0n) is 5.66. The summed E-state index contributed by atoms with van der Waals surface area (Å²) < 4.78 is 0. The second-order valence-electron chi connectivity index (χ2n) is 2.21. The Morgan fingerprint density at radius 3 is 2.44 bits per heavy atom. The van der Waals surface area contributed by atoms with Crippen molar-refractivity contribution in [1.82, 2.24) is 4.98 Å². The summed E-state index contributed by atoms with van der Waals surface area (Å²) in [6.45, 7) is 4.09. The topological polar surface area (TPSA) is 15.8 Å². The average molecular weight is 144 g/mol. The highest BCUT2D eigenvalue weighted by Crippen LogP contribution is 2.13. The molecule has 0 saturated heterocycles. The van der Waals surface area contributed by atoms with Gasteiger partial charge in [0, 0.05) is 17.8 Å². The van der Waals surface area contributed by atoms with Crippen LogP contribution < -0.4 is 0 Å². The number of aryl methyl sites for hydroxylation is 2. The van der Waals surface area contributed by atoms with Gasteiger partial charge in [-0.2, -0.15) is 0 Å². The predicted molar refractivity (Wildman–Crippen MR) is 39.8 cm³/mol. The van der Waals surface area contributed by atoms with Crippen LogP contribution in [0.5, 0.6) is 0 Å². The molecule has 0 bridgehead atoms. The molecule has 50 valence electrons. The third-order valence-corrected chi connectivity index (χ3v) is 1.83. The molecule has 0 aliphatic carbocycles. The summed E-state index contributed by atoms with van der Waals surface area (Å²) >= 11 is 5.66. The first-order valence-corrected chi connectivity index (χ1v) is 3.48. The Kier molecular flexibility index (Phi) is 1.81. The molecule has 2 heteroatoms. The van der Waals surface area contributed by atoms with Crippen LogP contribution in [-0.4, -0.2) is 4.98 Å². The molecule has 9 heavy (non-hydrogen) atoms. The van der Waals surface area contributed by atoms with Gasteiger partial charge < -0.3 is 4.98 Å². The number of H-pyrrole nitrogens is 1. The predicted octanol–water partition coefficient (Wildman–Crippen LogP) is 2.37. The van der Waals surface area contributed by atoms with E-state index in [9.17, 15) is 0 Å². The van der Waals surface area contributed by atoms with Crippen molar-refractivity contribution in [1.29, 1.82) is 0 Å². The molecule has 0 unspecified atom stereocenters. The fourth-order valence-electron chi connectivity index (χ4n) is 0.892. The van der Waals surface area contributed by atoms with E-state index in [-0.39, 0.29) is 0 Å². The highest BCUT2D eigenvalue weighted by molar-refractivity contribution is 6.17. The van der Waals surface area contributed by atoms with E-state index in [1.54, 1.807) is 0 Å². The lowest BCUT2D eigenvalue weighted by Crippen LogP contribution is -1.80. The SMILES string of the molecule is Cc1c[nH]c(C)c1CCl. The van der Waals surface area contributed by atoms with Gasteiger partial charge in [0.15, 0.2) is 0 Å². The summed E-state index contributed by atoms with van der Waals surface area (Å²) in [6.07, 6.45) is 1.98. The largest absolute Gasteiger partial charge is 0.365 e. The fourth-order valence-corrected chi connectivity index (χ4v) is 1.30. The maximum Gasteiger partial charge on any atom is 0.0494 e. The zero-order valence-corrected chi connectivity index (χ0v) is 6.42. The summed E-state index contributed by atoms with van der Waals surface area (Å²) in [5.74, 6) is 0.612. The standard InChI is InChI=1S/C7H10ClN/c1-5-4-9-6(2)7(5)3-8/h4,9H,3H2,1-2H3. The quantitative estimate of drug-likeness (QED) is 0.581. The number of aromatic nitrogens is 1. The van der Waals surface area contributed by atoms with E-state index in [1.807, 2.05) is 13.1 Å². The second kappa shape index (κ2) is 2.44. The number of nitrogens with one attached hydrogen (secondary N) is 1. The van der Waals surface area contributed by atoms with E-state index in [0.29, 0.717) is 5.88 Å². The summed E-state index contributed by atoms with van der Waals surface area (Å²) in [6, 6.07) is 0. The van der Waals surface area contributed by atoms with Gasteiger partial charge in [0.25, 0.3) is 0 Å². The van der Waals surface area contributed by atoms with Gasteiger partial charge in [0.05, 0.1) is 0 Å². The van der Waals surface area contributed by atoms with Gasteiger partial charge >= 0.3 is 0 Å². The lowest BCUT2D eigenvalue weighted by atomic mass is 10.2. The molecular formula is C7H10ClN. The molecule has 0 atom stereocenters. The van der Waals surface area contributed by atoms with E-state index >= 15 is 0 Å². The molecule has 1 nitrogen and oxygen atoms in total. The highest BCUT2D eigenvalue weighted by atomic mass is 35.5. The first kappa shape index (κ1) is 6.69. The Hall–Kier alpha value is -0.430. The molecule has 0 aromatic carbocycles. The maximum atomic E-state index is 5.66. The molecule has 0 aliphatic rings. The minimum atomic E-state index is 0.612. The summed E-state index contributed by atoms with van der Waals surface area (Å²) in [5, 5.41) is 0. The van der Waals surface area contributed by atoms with Crippen molar-refractivity contribution < 1.29 is 0 Å². The van der Waals surface area contributed by atoms with Gasteiger partial charge in [-0.3, -0.25) is 0 Å². The van der Waals surface area contributed by atoms with Crippen LogP contribution in [0.15, 0.2) is 6.20 Å². The number of rotatable bonds is 1. The van der Waals surface area contributed by atoms with Gasteiger partial charge in [-0.25, -0.2) is 0 Å². The smallest absolute Gasteiger partial charge is 0.0494 e. The van der Waals surface area contributed by atoms with Crippen molar-refractivity contribution in [3.63, 3.8) is 0 Å².